The predicted octanol–water partition coefficient (Wildman–Crippen LogP) is 5.13. The van der Waals surface area contributed by atoms with E-state index in [1.807, 2.05) is 78.6 Å². The largest absolute Gasteiger partial charge is 0.496 e. The average Bonchev–Trinajstić information content (AvgIpc) is 3.12. The minimum Gasteiger partial charge on any atom is -0.496 e. The van der Waals surface area contributed by atoms with Gasteiger partial charge in [-0.1, -0.05) is 73.7 Å². The fourth-order valence-electron chi connectivity index (χ4n) is 6.92. The maximum absolute atomic E-state index is 14.2. The molecule has 3 aromatic carbocycles. The van der Waals surface area contributed by atoms with Crippen molar-refractivity contribution in [2.45, 2.75) is 69.2 Å². The van der Waals surface area contributed by atoms with Crippen LogP contribution < -0.4 is 15.4 Å². The molecule has 0 bridgehead atoms. The number of methoxy groups -OCH3 is 1. The van der Waals surface area contributed by atoms with Crippen LogP contribution in [0.3, 0.4) is 0 Å². The van der Waals surface area contributed by atoms with Crippen LogP contribution in [0.2, 0.25) is 0 Å². The predicted molar refractivity (Wildman–Crippen MR) is 179 cm³/mol. The molecule has 3 aromatic rings. The van der Waals surface area contributed by atoms with Gasteiger partial charge in [0.2, 0.25) is 11.8 Å². The molecule has 1 aliphatic heterocycles. The molecule has 1 fully saturated rings. The number of nitrogens with one attached hydrogen (secondary N) is 2. The summed E-state index contributed by atoms with van der Waals surface area (Å²) < 4.78 is 10.5. The number of nitrogens with zero attached hydrogens (tertiary/aromatic N) is 1. The van der Waals surface area contributed by atoms with E-state index in [0.717, 1.165) is 23.1 Å². The van der Waals surface area contributed by atoms with Gasteiger partial charge in [-0.2, -0.15) is 0 Å². The van der Waals surface area contributed by atoms with Gasteiger partial charge in [0.25, 0.3) is 5.91 Å². The van der Waals surface area contributed by atoms with E-state index in [1.54, 1.807) is 19.2 Å². The Morgan fingerprint density at radius 3 is 2.34 bits per heavy atom. The number of esters is 1. The van der Waals surface area contributed by atoms with Crippen molar-refractivity contribution in [1.82, 2.24) is 15.5 Å². The fraction of sp³-hybridized carbons (Fsp3) is 0.421. The maximum Gasteiger partial charge on any atom is 0.305 e. The zero-order chi connectivity index (χ0) is 33.2. The number of fused-ring (bicyclic) bond motifs is 1. The number of hydrogen-bond donors (Lipinski definition) is 2. The van der Waals surface area contributed by atoms with Crippen LogP contribution in [0.1, 0.15) is 84.8 Å². The molecule has 1 aliphatic carbocycles. The van der Waals surface area contributed by atoms with E-state index in [9.17, 15) is 19.2 Å². The zero-order valence-corrected chi connectivity index (χ0v) is 27.3. The molecule has 248 valence electrons. The Morgan fingerprint density at radius 2 is 1.60 bits per heavy atom. The molecule has 0 spiro atoms. The summed E-state index contributed by atoms with van der Waals surface area (Å²) in [5.41, 5.74) is 2.12. The third-order valence-corrected chi connectivity index (χ3v) is 9.36. The first-order valence-corrected chi connectivity index (χ1v) is 16.7. The first-order chi connectivity index (χ1) is 22.9. The number of hydrogen-bond acceptors (Lipinski definition) is 6. The summed E-state index contributed by atoms with van der Waals surface area (Å²) in [6.07, 6.45) is 3.80. The first kappa shape index (κ1) is 33.7. The van der Waals surface area contributed by atoms with Crippen LogP contribution >= 0.6 is 0 Å². The highest BCUT2D eigenvalue weighted by atomic mass is 16.5. The summed E-state index contributed by atoms with van der Waals surface area (Å²) in [4.78, 5) is 55.1. The number of carbonyl (C=O) groups excluding carboxylic acids is 4. The van der Waals surface area contributed by atoms with Gasteiger partial charge in [0, 0.05) is 32.1 Å². The third-order valence-electron chi connectivity index (χ3n) is 9.36. The summed E-state index contributed by atoms with van der Waals surface area (Å²) in [5.74, 6) is -0.355. The third kappa shape index (κ3) is 7.50. The van der Waals surface area contributed by atoms with Crippen molar-refractivity contribution in [3.63, 3.8) is 0 Å². The van der Waals surface area contributed by atoms with E-state index in [-0.39, 0.29) is 42.1 Å². The molecule has 5 rings (SSSR count). The number of benzene rings is 3. The molecule has 47 heavy (non-hydrogen) atoms. The smallest absolute Gasteiger partial charge is 0.305 e. The van der Waals surface area contributed by atoms with Gasteiger partial charge in [0.15, 0.2) is 0 Å². The number of amides is 3. The van der Waals surface area contributed by atoms with E-state index < -0.39 is 5.41 Å². The van der Waals surface area contributed by atoms with Gasteiger partial charge in [0.05, 0.1) is 30.6 Å². The summed E-state index contributed by atoms with van der Waals surface area (Å²) >= 11 is 0. The molecule has 0 radical (unpaired) electrons. The van der Waals surface area contributed by atoms with Crippen LogP contribution in [0.5, 0.6) is 5.75 Å². The van der Waals surface area contributed by atoms with Gasteiger partial charge in [0.1, 0.15) is 5.75 Å². The zero-order valence-electron chi connectivity index (χ0n) is 27.3. The lowest BCUT2D eigenvalue weighted by Crippen LogP contribution is -2.51. The molecule has 2 N–H and O–H groups in total. The minimum absolute atomic E-state index is 0.0435. The van der Waals surface area contributed by atoms with Crippen LogP contribution in [0.4, 0.5) is 0 Å². The summed E-state index contributed by atoms with van der Waals surface area (Å²) in [6.45, 7) is 3.78. The highest BCUT2D eigenvalue weighted by Crippen LogP contribution is 2.48. The molecule has 2 aliphatic rings. The Morgan fingerprint density at radius 1 is 0.894 bits per heavy atom. The van der Waals surface area contributed by atoms with Crippen molar-refractivity contribution in [1.29, 1.82) is 0 Å². The lowest BCUT2D eigenvalue weighted by atomic mass is 9.62. The Hall–Kier alpha value is -4.66. The Kier molecular flexibility index (Phi) is 11.3. The van der Waals surface area contributed by atoms with Crippen molar-refractivity contribution in [3.8, 4) is 5.75 Å². The molecule has 9 heteroatoms. The SMILES string of the molecule is CCCOC(=O)CCCNC(=O)[C@@]1(c2ccccc2)CC[C@H](C(=O)N2CCC(NC(=O)c3ccccc3OC)CC2)c2ccccc21. The van der Waals surface area contributed by atoms with Gasteiger partial charge in [-0.15, -0.1) is 0 Å². The van der Waals surface area contributed by atoms with E-state index in [0.29, 0.717) is 69.7 Å². The molecule has 0 saturated carbocycles. The number of para-hydroxylation sites is 1. The fourth-order valence-corrected chi connectivity index (χ4v) is 6.92. The van der Waals surface area contributed by atoms with Gasteiger partial charge in [-0.05, 0) is 67.3 Å². The molecular formula is C38H45N3O6. The van der Waals surface area contributed by atoms with Crippen LogP contribution in [0.25, 0.3) is 0 Å². The quantitative estimate of drug-likeness (QED) is 0.210. The van der Waals surface area contributed by atoms with Gasteiger partial charge in [-0.3, -0.25) is 19.2 Å². The number of ether oxygens (including phenoxy) is 2. The molecule has 9 nitrogen and oxygen atoms in total. The number of carbonyl (C=O) groups is 4. The van der Waals surface area contributed by atoms with E-state index >= 15 is 0 Å². The van der Waals surface area contributed by atoms with Crippen molar-refractivity contribution in [3.05, 3.63) is 101 Å². The lowest BCUT2D eigenvalue weighted by Gasteiger charge is -2.42. The van der Waals surface area contributed by atoms with Crippen LogP contribution in [0.15, 0.2) is 78.9 Å². The molecule has 1 saturated heterocycles. The normalized spacial score (nSPS) is 19.3. The topological polar surface area (TPSA) is 114 Å². The molecule has 1 heterocycles. The summed E-state index contributed by atoms with van der Waals surface area (Å²) in [7, 11) is 1.55. The minimum atomic E-state index is -0.965. The van der Waals surface area contributed by atoms with Crippen molar-refractivity contribution < 1.29 is 28.7 Å². The van der Waals surface area contributed by atoms with Crippen LogP contribution in [-0.2, 0) is 24.5 Å². The van der Waals surface area contributed by atoms with Crippen molar-refractivity contribution in [2.24, 2.45) is 0 Å². The number of rotatable bonds is 12. The van der Waals surface area contributed by atoms with E-state index in [1.165, 1.54) is 0 Å². The Bertz CT molecular complexity index is 1550. The van der Waals surface area contributed by atoms with Crippen LogP contribution in [-0.4, -0.2) is 68.0 Å². The molecule has 0 aromatic heterocycles. The number of piperidine rings is 1. The average molecular weight is 640 g/mol. The van der Waals surface area contributed by atoms with Crippen molar-refractivity contribution >= 4 is 23.7 Å². The standard InChI is InChI=1S/C38H45N3O6/c1-3-26-47-34(42)18-11-23-39-37(45)38(27-12-5-4-6-13-27)22-19-30(29-14-7-9-16-32(29)38)36(44)41-24-20-28(21-25-41)40-35(43)31-15-8-10-17-33(31)46-2/h4-10,12-17,28,30H,3,11,18-26H2,1-2H3,(H,39,45)(H,40,43)/t30-,38+/m0/s1. The number of likely N-dealkylation sites (tertiary alicyclic amines) is 1. The lowest BCUT2D eigenvalue weighted by molar-refractivity contribution is -0.144. The highest BCUT2D eigenvalue weighted by Gasteiger charge is 2.48. The monoisotopic (exact) mass is 639 g/mol. The maximum atomic E-state index is 14.2. The molecule has 2 atom stereocenters. The van der Waals surface area contributed by atoms with Crippen LogP contribution in [0, 0.1) is 0 Å². The Labute approximate surface area is 277 Å². The second kappa shape index (κ2) is 15.8. The van der Waals surface area contributed by atoms with Gasteiger partial charge >= 0.3 is 5.97 Å². The first-order valence-electron chi connectivity index (χ1n) is 16.7. The Balaban J connectivity index is 1.28. The summed E-state index contributed by atoms with van der Waals surface area (Å²) in [6, 6.07) is 24.7. The van der Waals surface area contributed by atoms with Gasteiger partial charge in [-0.25, -0.2) is 0 Å². The second-order valence-corrected chi connectivity index (χ2v) is 12.3. The molecule has 3 amide bonds. The van der Waals surface area contributed by atoms with E-state index in [2.05, 4.69) is 10.6 Å². The summed E-state index contributed by atoms with van der Waals surface area (Å²) in [5, 5.41) is 6.22. The highest BCUT2D eigenvalue weighted by molar-refractivity contribution is 5.97. The second-order valence-electron chi connectivity index (χ2n) is 12.3. The van der Waals surface area contributed by atoms with E-state index in [4.69, 9.17) is 9.47 Å². The molecule has 0 unspecified atom stereocenters. The van der Waals surface area contributed by atoms with Crippen molar-refractivity contribution in [2.75, 3.05) is 33.4 Å². The molecular weight excluding hydrogens is 594 g/mol. The van der Waals surface area contributed by atoms with Gasteiger partial charge < -0.3 is 25.0 Å².